The number of pyridine rings is 1. The lowest BCUT2D eigenvalue weighted by Gasteiger charge is -2.08. The van der Waals surface area contributed by atoms with Gasteiger partial charge in [0, 0.05) is 25.9 Å². The van der Waals surface area contributed by atoms with E-state index in [0.29, 0.717) is 12.1 Å². The number of aliphatic hydroxyl groups is 1. The second kappa shape index (κ2) is 4.40. The molecule has 16 heavy (non-hydrogen) atoms. The third-order valence-electron chi connectivity index (χ3n) is 2.33. The quantitative estimate of drug-likeness (QED) is 0.827. The molecule has 0 aromatic carbocycles. The van der Waals surface area contributed by atoms with Crippen LogP contribution in [0.15, 0.2) is 24.5 Å². The molecule has 0 fully saturated rings. The largest absolute Gasteiger partial charge is 0.386 e. The predicted molar refractivity (Wildman–Crippen MR) is 58.6 cm³/mol. The van der Waals surface area contributed by atoms with Crippen LogP contribution in [-0.4, -0.2) is 25.1 Å². The summed E-state index contributed by atoms with van der Waals surface area (Å²) >= 11 is 0. The first kappa shape index (κ1) is 10.8. The fourth-order valence-corrected chi connectivity index (χ4v) is 1.53. The molecule has 0 radical (unpaired) electrons. The summed E-state index contributed by atoms with van der Waals surface area (Å²) < 4.78 is 1.62. The summed E-state index contributed by atoms with van der Waals surface area (Å²) in [5.41, 5.74) is 2.52. The zero-order valence-electron chi connectivity index (χ0n) is 9.33. The van der Waals surface area contributed by atoms with E-state index >= 15 is 0 Å². The summed E-state index contributed by atoms with van der Waals surface area (Å²) in [6.45, 7) is 1.97. The molecular formula is C11H14N4O. The highest BCUT2D eigenvalue weighted by atomic mass is 16.3. The smallest absolute Gasteiger partial charge is 0.102 e. The van der Waals surface area contributed by atoms with Crippen molar-refractivity contribution in [3.05, 3.63) is 41.5 Å². The molecule has 0 spiro atoms. The highest BCUT2D eigenvalue weighted by Crippen LogP contribution is 2.15. The first-order valence-corrected chi connectivity index (χ1v) is 5.11. The summed E-state index contributed by atoms with van der Waals surface area (Å²) in [6, 6.07) is 3.78. The molecule has 0 aliphatic rings. The van der Waals surface area contributed by atoms with Gasteiger partial charge in [-0.15, -0.1) is 5.10 Å². The lowest BCUT2D eigenvalue weighted by atomic mass is 10.1. The maximum absolute atomic E-state index is 9.97. The normalized spacial score (nSPS) is 12.7. The fraction of sp³-hybridized carbons (Fsp3) is 0.364. The molecule has 1 atom stereocenters. The Morgan fingerprint density at radius 2 is 2.31 bits per heavy atom. The second-order valence-corrected chi connectivity index (χ2v) is 3.86. The molecule has 0 aliphatic carbocycles. The van der Waals surface area contributed by atoms with Gasteiger partial charge in [0.15, 0.2) is 0 Å². The van der Waals surface area contributed by atoms with E-state index in [1.807, 2.05) is 19.1 Å². The van der Waals surface area contributed by atoms with E-state index in [2.05, 4.69) is 15.3 Å². The van der Waals surface area contributed by atoms with E-state index in [9.17, 15) is 5.11 Å². The Morgan fingerprint density at radius 3 is 2.94 bits per heavy atom. The molecule has 0 bridgehead atoms. The standard InChI is InChI=1S/C11H14N4O/c1-8-3-4-12-10(5-8)11(16)6-9-7-15(2)14-13-9/h3-5,7,11,16H,6H2,1-2H3. The number of hydrogen-bond acceptors (Lipinski definition) is 4. The van der Waals surface area contributed by atoms with Crippen LogP contribution >= 0.6 is 0 Å². The van der Waals surface area contributed by atoms with Gasteiger partial charge in [-0.3, -0.25) is 9.67 Å². The van der Waals surface area contributed by atoms with Gasteiger partial charge in [0.05, 0.1) is 11.4 Å². The van der Waals surface area contributed by atoms with Gasteiger partial charge in [0.25, 0.3) is 0 Å². The molecule has 2 heterocycles. The van der Waals surface area contributed by atoms with E-state index in [1.165, 1.54) is 0 Å². The second-order valence-electron chi connectivity index (χ2n) is 3.86. The van der Waals surface area contributed by atoms with Crippen LogP contribution < -0.4 is 0 Å². The van der Waals surface area contributed by atoms with Gasteiger partial charge < -0.3 is 5.11 Å². The maximum Gasteiger partial charge on any atom is 0.102 e. The lowest BCUT2D eigenvalue weighted by Crippen LogP contribution is -2.04. The van der Waals surface area contributed by atoms with Crippen LogP contribution in [0.25, 0.3) is 0 Å². The molecule has 1 N–H and O–H groups in total. The molecule has 0 aliphatic heterocycles. The third kappa shape index (κ3) is 2.43. The Labute approximate surface area is 93.8 Å². The van der Waals surface area contributed by atoms with Gasteiger partial charge in [0.1, 0.15) is 6.10 Å². The highest BCUT2D eigenvalue weighted by Gasteiger charge is 2.12. The monoisotopic (exact) mass is 218 g/mol. The molecule has 0 saturated heterocycles. The van der Waals surface area contributed by atoms with Gasteiger partial charge in [-0.25, -0.2) is 0 Å². The van der Waals surface area contributed by atoms with Crippen LogP contribution in [0.4, 0.5) is 0 Å². The summed E-state index contributed by atoms with van der Waals surface area (Å²) in [5.74, 6) is 0. The Balaban J connectivity index is 2.11. The average molecular weight is 218 g/mol. The number of hydrogen-bond donors (Lipinski definition) is 1. The molecule has 2 aromatic heterocycles. The summed E-state index contributed by atoms with van der Waals surface area (Å²) in [6.07, 6.45) is 3.30. The average Bonchev–Trinajstić information content (AvgIpc) is 2.64. The predicted octanol–water partition coefficient (Wildman–Crippen LogP) is 0.795. The summed E-state index contributed by atoms with van der Waals surface area (Å²) in [5, 5.41) is 17.7. The first-order chi connectivity index (χ1) is 7.65. The van der Waals surface area contributed by atoms with Crippen LogP contribution in [0.1, 0.15) is 23.1 Å². The highest BCUT2D eigenvalue weighted by molar-refractivity contribution is 5.17. The molecule has 1 unspecified atom stereocenters. The third-order valence-corrected chi connectivity index (χ3v) is 2.33. The summed E-state index contributed by atoms with van der Waals surface area (Å²) in [7, 11) is 1.80. The van der Waals surface area contributed by atoms with Crippen LogP contribution in [0.5, 0.6) is 0 Å². The van der Waals surface area contributed by atoms with Crippen molar-refractivity contribution in [1.29, 1.82) is 0 Å². The Hall–Kier alpha value is -1.75. The zero-order valence-corrected chi connectivity index (χ0v) is 9.33. The SMILES string of the molecule is Cc1ccnc(C(O)Cc2cn(C)nn2)c1. The number of aryl methyl sites for hydroxylation is 2. The van der Waals surface area contributed by atoms with Gasteiger partial charge in [0.2, 0.25) is 0 Å². The van der Waals surface area contributed by atoms with Gasteiger partial charge in [-0.05, 0) is 24.6 Å². The van der Waals surface area contributed by atoms with E-state index in [4.69, 9.17) is 0 Å². The minimum absolute atomic E-state index is 0.435. The minimum atomic E-state index is -0.628. The molecule has 5 heteroatoms. The van der Waals surface area contributed by atoms with Crippen LogP contribution in [0.2, 0.25) is 0 Å². The number of rotatable bonds is 3. The molecule has 84 valence electrons. The van der Waals surface area contributed by atoms with Crippen molar-refractivity contribution >= 4 is 0 Å². The van der Waals surface area contributed by atoms with Crippen molar-refractivity contribution in [2.24, 2.45) is 7.05 Å². The van der Waals surface area contributed by atoms with Crippen LogP contribution in [-0.2, 0) is 13.5 Å². The van der Waals surface area contributed by atoms with Gasteiger partial charge in [-0.2, -0.15) is 0 Å². The minimum Gasteiger partial charge on any atom is -0.386 e. The molecule has 0 saturated carbocycles. The topological polar surface area (TPSA) is 63.8 Å². The lowest BCUT2D eigenvalue weighted by molar-refractivity contribution is 0.172. The van der Waals surface area contributed by atoms with Gasteiger partial charge in [-0.1, -0.05) is 5.21 Å². The number of aliphatic hydroxyl groups excluding tert-OH is 1. The van der Waals surface area contributed by atoms with E-state index in [-0.39, 0.29) is 0 Å². The molecular weight excluding hydrogens is 204 g/mol. The molecule has 5 nitrogen and oxygen atoms in total. The van der Waals surface area contributed by atoms with Crippen molar-refractivity contribution < 1.29 is 5.11 Å². The Kier molecular flexibility index (Phi) is 2.96. The molecule has 2 aromatic rings. The van der Waals surface area contributed by atoms with E-state index in [0.717, 1.165) is 11.3 Å². The Bertz CT molecular complexity index is 480. The van der Waals surface area contributed by atoms with E-state index in [1.54, 1.807) is 24.1 Å². The first-order valence-electron chi connectivity index (χ1n) is 5.11. The molecule has 0 amide bonds. The number of nitrogens with zero attached hydrogens (tertiary/aromatic N) is 4. The van der Waals surface area contributed by atoms with Crippen molar-refractivity contribution in [2.45, 2.75) is 19.4 Å². The Morgan fingerprint density at radius 1 is 1.50 bits per heavy atom. The van der Waals surface area contributed by atoms with Crippen molar-refractivity contribution in [3.8, 4) is 0 Å². The number of aromatic nitrogens is 4. The van der Waals surface area contributed by atoms with Crippen molar-refractivity contribution in [2.75, 3.05) is 0 Å². The molecule has 2 rings (SSSR count). The van der Waals surface area contributed by atoms with Crippen LogP contribution in [0, 0.1) is 6.92 Å². The summed E-state index contributed by atoms with van der Waals surface area (Å²) in [4.78, 5) is 4.14. The maximum atomic E-state index is 9.97. The van der Waals surface area contributed by atoms with Gasteiger partial charge >= 0.3 is 0 Å². The van der Waals surface area contributed by atoms with Crippen molar-refractivity contribution in [3.63, 3.8) is 0 Å². The zero-order chi connectivity index (χ0) is 11.5. The fourth-order valence-electron chi connectivity index (χ4n) is 1.53. The van der Waals surface area contributed by atoms with Crippen molar-refractivity contribution in [1.82, 2.24) is 20.0 Å². The van der Waals surface area contributed by atoms with E-state index < -0.39 is 6.10 Å². The van der Waals surface area contributed by atoms with Crippen LogP contribution in [0.3, 0.4) is 0 Å².